The molecule has 0 amide bonds. The molecule has 0 spiro atoms. The predicted molar refractivity (Wildman–Crippen MR) is 32.0 cm³/mol. The van der Waals surface area contributed by atoms with Gasteiger partial charge in [-0.3, -0.25) is 8.42 Å². The summed E-state index contributed by atoms with van der Waals surface area (Å²) in [4.78, 5) is 0. The largest absolute Gasteiger partial charge is 1.00 e. The molecule has 0 aromatic heterocycles. The minimum atomic E-state index is -5.31. The number of hydrogen-bond acceptors (Lipinski definition) is 12. The van der Waals surface area contributed by atoms with Gasteiger partial charge in [0.25, 0.3) is 0 Å². The van der Waals surface area contributed by atoms with E-state index in [2.05, 4.69) is 8.67 Å². The smallest absolute Gasteiger partial charge is 0.759 e. The molecule has 0 N–H and O–H groups in total. The Balaban J connectivity index is -0.0000000418. The molecule has 0 saturated heterocycles. The third-order valence-corrected chi connectivity index (χ3v) is 0.750. The zero-order valence-electron chi connectivity index (χ0n) is 10.1. The molecular formula is Na4O12S3. The molecule has 0 saturated carbocycles. The Labute approximate surface area is 197 Å². The van der Waals surface area contributed by atoms with E-state index < -0.39 is 31.2 Å². The summed E-state index contributed by atoms with van der Waals surface area (Å²) in [6.07, 6.45) is 0. The average molecular weight is 380 g/mol. The fourth-order valence-corrected chi connectivity index (χ4v) is 0.612. The second-order valence-electron chi connectivity index (χ2n) is 1.36. The molecule has 0 fully saturated rings. The maximum absolute atomic E-state index is 9.37. The molecule has 0 aromatic rings. The Hall–Kier alpha value is 3.61. The minimum Gasteiger partial charge on any atom is -0.759 e. The minimum absolute atomic E-state index is 0. The molecule has 0 atom stereocenters. The normalized spacial score (nSPS) is 10.1. The summed E-state index contributed by atoms with van der Waals surface area (Å²) in [7, 11) is -15.8. The Morgan fingerprint density at radius 3 is 0.684 bits per heavy atom. The zero-order chi connectivity index (χ0) is 12.9. The van der Waals surface area contributed by atoms with Crippen LogP contribution in [0, 0.1) is 0 Å². The number of rotatable bonds is 3. The molecular weight excluding hydrogens is 380 g/mol. The molecule has 0 rings (SSSR count). The molecule has 0 aliphatic carbocycles. The fourth-order valence-electron chi connectivity index (χ4n) is 0.0680. The van der Waals surface area contributed by atoms with Crippen LogP contribution >= 0.6 is 0 Å². The van der Waals surface area contributed by atoms with E-state index in [1.165, 1.54) is 0 Å². The van der Waals surface area contributed by atoms with E-state index in [1.54, 1.807) is 0 Å². The van der Waals surface area contributed by atoms with Gasteiger partial charge in [-0.15, -0.1) is 8.67 Å². The van der Waals surface area contributed by atoms with Crippen LogP contribution < -0.4 is 118 Å². The van der Waals surface area contributed by atoms with Crippen LogP contribution in [0.3, 0.4) is 0 Å². The Kier molecular flexibility index (Phi) is 33.2. The summed E-state index contributed by atoms with van der Waals surface area (Å²) in [5.74, 6) is 0. The molecule has 12 nitrogen and oxygen atoms in total. The summed E-state index contributed by atoms with van der Waals surface area (Å²) < 4.78 is 95.5. The second-order valence-corrected chi connectivity index (χ2v) is 4.08. The van der Waals surface area contributed by atoms with Crippen molar-refractivity contribution in [2.75, 3.05) is 0 Å². The molecule has 0 unspecified atom stereocenters. The maximum atomic E-state index is 9.37. The van der Waals surface area contributed by atoms with Crippen LogP contribution in [0.2, 0.25) is 0 Å². The van der Waals surface area contributed by atoms with Gasteiger partial charge in [-0.1, -0.05) is 0 Å². The molecule has 19 heteroatoms. The molecule has 0 heterocycles. The third kappa shape index (κ3) is 73.8. The summed E-state index contributed by atoms with van der Waals surface area (Å²) in [6, 6.07) is 0. The first-order valence-electron chi connectivity index (χ1n) is 2.17. The fraction of sp³-hybridized carbons (Fsp3) is 0. The van der Waals surface area contributed by atoms with Crippen molar-refractivity contribution in [1.82, 2.24) is 0 Å². The quantitative estimate of drug-likeness (QED) is 0.147. The van der Waals surface area contributed by atoms with Crippen LogP contribution in [0.4, 0.5) is 0 Å². The Morgan fingerprint density at radius 1 is 0.526 bits per heavy atom. The maximum Gasteiger partial charge on any atom is 1.00 e. The van der Waals surface area contributed by atoms with Gasteiger partial charge >= 0.3 is 118 Å². The van der Waals surface area contributed by atoms with Gasteiger partial charge in [0.2, 0.25) is 20.8 Å². The Morgan fingerprint density at radius 2 is 0.632 bits per heavy atom. The van der Waals surface area contributed by atoms with Crippen LogP contribution in [0.15, 0.2) is 0 Å². The summed E-state index contributed by atoms with van der Waals surface area (Å²) in [6.45, 7) is 0. The monoisotopic (exact) mass is 380 g/mol. The molecule has 0 aliphatic heterocycles. The second kappa shape index (κ2) is 16.5. The van der Waals surface area contributed by atoms with Crippen LogP contribution in [-0.4, -0.2) is 43.5 Å². The van der Waals surface area contributed by atoms with E-state index in [-0.39, 0.29) is 118 Å². The van der Waals surface area contributed by atoms with Gasteiger partial charge in [-0.25, -0.2) is 16.8 Å². The average Bonchev–Trinajstić information content (AvgIpc) is 1.76. The van der Waals surface area contributed by atoms with Crippen molar-refractivity contribution in [3.05, 3.63) is 0 Å². The van der Waals surface area contributed by atoms with Gasteiger partial charge in [-0.2, -0.15) is 0 Å². The summed E-state index contributed by atoms with van der Waals surface area (Å²) >= 11 is 0. The van der Waals surface area contributed by atoms with Gasteiger partial charge in [0.15, 0.2) is 0 Å². The van der Waals surface area contributed by atoms with Crippen molar-refractivity contribution in [3.63, 3.8) is 0 Å². The predicted octanol–water partition coefficient (Wildman–Crippen LogP) is -15.5. The van der Waals surface area contributed by atoms with Gasteiger partial charge in [0.05, 0.1) is 0 Å². The van der Waals surface area contributed by atoms with Gasteiger partial charge in [0, 0.05) is 10.4 Å². The van der Waals surface area contributed by atoms with Crippen molar-refractivity contribution in [3.8, 4) is 0 Å². The first-order chi connectivity index (χ1) is 6.21. The van der Waals surface area contributed by atoms with Crippen LogP contribution in [-0.2, 0) is 39.9 Å². The molecule has 0 aromatic carbocycles. The van der Waals surface area contributed by atoms with Crippen molar-refractivity contribution in [1.29, 1.82) is 0 Å². The Bertz CT molecular complexity index is 429. The molecule has 0 bridgehead atoms. The van der Waals surface area contributed by atoms with E-state index in [9.17, 15) is 25.9 Å². The van der Waals surface area contributed by atoms with Crippen molar-refractivity contribution < 1.29 is 170 Å². The van der Waals surface area contributed by atoms with Gasteiger partial charge < -0.3 is 18.2 Å². The van der Waals surface area contributed by atoms with Gasteiger partial charge in [-0.05, 0) is 0 Å². The van der Waals surface area contributed by atoms with Crippen molar-refractivity contribution >= 4 is 31.2 Å². The summed E-state index contributed by atoms with van der Waals surface area (Å²) in [5.41, 5.74) is 0. The topological polar surface area (TPSA) is 213 Å². The van der Waals surface area contributed by atoms with E-state index in [0.29, 0.717) is 0 Å². The van der Waals surface area contributed by atoms with E-state index in [0.717, 1.165) is 0 Å². The molecule has 0 radical (unpaired) electrons. The van der Waals surface area contributed by atoms with Gasteiger partial charge in [0.1, 0.15) is 0 Å². The van der Waals surface area contributed by atoms with Crippen molar-refractivity contribution in [2.45, 2.75) is 0 Å². The zero-order valence-corrected chi connectivity index (χ0v) is 20.6. The van der Waals surface area contributed by atoms with E-state index in [4.69, 9.17) is 17.5 Å². The van der Waals surface area contributed by atoms with Crippen LogP contribution in [0.25, 0.3) is 0 Å². The molecule has 19 heavy (non-hydrogen) atoms. The first kappa shape index (κ1) is 38.3. The third-order valence-electron chi connectivity index (χ3n) is 0.194. The molecule has 0 aliphatic rings. The van der Waals surface area contributed by atoms with Crippen LogP contribution in [0.1, 0.15) is 0 Å². The first-order valence-corrected chi connectivity index (χ1v) is 6.17. The van der Waals surface area contributed by atoms with Crippen LogP contribution in [0.5, 0.6) is 0 Å². The summed E-state index contributed by atoms with van der Waals surface area (Å²) in [5, 5.41) is 0. The van der Waals surface area contributed by atoms with Crippen molar-refractivity contribution in [2.24, 2.45) is 0 Å². The molecule has 94 valence electrons. The number of hydrogen-bond donors (Lipinski definition) is 0. The standard InChI is InChI=1S/4Na.H2O8S2.H2O4S/c;;;;1-9(2,3)7-8-10(4,5)6;1-5(2,3)4/h;;;;(H,1,2,3)(H,4,5,6);(H2,1,2,3,4)/q4*+1;;/p-4. The SMILES string of the molecule is O=S(=O)([O-])OOS(=O)(=O)[O-].O=S(=O)([O-])[O-].[Na+].[Na+].[Na+].[Na+]. The van der Waals surface area contributed by atoms with E-state index >= 15 is 0 Å². The van der Waals surface area contributed by atoms with E-state index in [1.807, 2.05) is 0 Å².